The van der Waals surface area contributed by atoms with Crippen molar-refractivity contribution in [3.8, 4) is 10.6 Å². The molecule has 0 saturated carbocycles. The summed E-state index contributed by atoms with van der Waals surface area (Å²) < 4.78 is 51.5. The lowest BCUT2D eigenvalue weighted by atomic mass is 10.2. The maximum atomic E-state index is 13.3. The highest BCUT2D eigenvalue weighted by Gasteiger charge is 2.34. The molecule has 0 amide bonds. The van der Waals surface area contributed by atoms with Crippen molar-refractivity contribution in [3.63, 3.8) is 0 Å². The number of benzene rings is 1. The molecule has 1 aromatic carbocycles. The quantitative estimate of drug-likeness (QED) is 0.497. The average Bonchev–Trinajstić information content (AvgIpc) is 3.05. The molecule has 0 aliphatic carbocycles. The van der Waals surface area contributed by atoms with Gasteiger partial charge in [-0.05, 0) is 42.5 Å². The van der Waals surface area contributed by atoms with E-state index in [1.807, 2.05) is 0 Å². The largest absolute Gasteiger partial charge is 0.419 e. The minimum atomic E-state index is -4.80. The van der Waals surface area contributed by atoms with Gasteiger partial charge < -0.3 is 10.6 Å². The van der Waals surface area contributed by atoms with Gasteiger partial charge in [0.1, 0.15) is 10.8 Å². The molecule has 0 aliphatic rings. The summed E-state index contributed by atoms with van der Waals surface area (Å²) in [6.07, 6.45) is -1.57. The minimum Gasteiger partial charge on any atom is -0.332 e. The zero-order valence-corrected chi connectivity index (χ0v) is 14.3. The lowest BCUT2D eigenvalue weighted by molar-refractivity contribution is -0.139. The molecule has 3 rings (SSSR count). The van der Waals surface area contributed by atoms with Crippen LogP contribution < -0.4 is 10.6 Å². The fraction of sp³-hybridized carbons (Fsp3) is 0.0667. The molecule has 3 aromatic rings. The molecule has 26 heavy (non-hydrogen) atoms. The maximum Gasteiger partial charge on any atom is 0.419 e. The van der Waals surface area contributed by atoms with Gasteiger partial charge in [0.05, 0.1) is 5.56 Å². The molecule has 0 spiro atoms. The van der Waals surface area contributed by atoms with Crippen LogP contribution in [0.1, 0.15) is 5.56 Å². The molecule has 0 fully saturated rings. The van der Waals surface area contributed by atoms with Crippen LogP contribution in [0, 0.1) is 5.82 Å². The number of aromatic nitrogens is 3. The Morgan fingerprint density at radius 1 is 1.04 bits per heavy atom. The average molecular weight is 399 g/mol. The van der Waals surface area contributed by atoms with Crippen LogP contribution in [0.5, 0.6) is 0 Å². The number of nitrogens with one attached hydrogen (secondary N) is 2. The number of hydrogen-bond acceptors (Lipinski definition) is 5. The summed E-state index contributed by atoms with van der Waals surface area (Å²) in [5, 5.41) is 14.2. The standard InChI is InChI=1S/C15H9F4N5S2/c16-11-2-1-9(7-10(11)15(17,18)19)21-13(25)22-14-24-23-12(26-14)8-3-5-20-6-4-8/h1-7H,(H2,21,22,24,25). The molecule has 11 heteroatoms. The lowest BCUT2D eigenvalue weighted by Gasteiger charge is -2.12. The summed E-state index contributed by atoms with van der Waals surface area (Å²) >= 11 is 6.25. The highest BCUT2D eigenvalue weighted by molar-refractivity contribution is 7.80. The zero-order chi connectivity index (χ0) is 18.7. The first-order valence-corrected chi connectivity index (χ1v) is 8.24. The van der Waals surface area contributed by atoms with Gasteiger partial charge in [0, 0.05) is 23.6 Å². The van der Waals surface area contributed by atoms with Gasteiger partial charge >= 0.3 is 6.18 Å². The Bertz CT molecular complexity index is 927. The Morgan fingerprint density at radius 2 is 1.77 bits per heavy atom. The molecule has 0 unspecified atom stereocenters. The Morgan fingerprint density at radius 3 is 2.46 bits per heavy atom. The fourth-order valence-corrected chi connectivity index (χ4v) is 3.00. The summed E-state index contributed by atoms with van der Waals surface area (Å²) in [6.45, 7) is 0. The van der Waals surface area contributed by atoms with Crippen molar-refractivity contribution < 1.29 is 17.6 Å². The van der Waals surface area contributed by atoms with Crippen molar-refractivity contribution in [3.05, 3.63) is 54.1 Å². The number of nitrogens with zero attached hydrogens (tertiary/aromatic N) is 3. The molecule has 0 atom stereocenters. The first-order valence-electron chi connectivity index (χ1n) is 7.01. The summed E-state index contributed by atoms with van der Waals surface area (Å²) in [7, 11) is 0. The molecule has 2 heterocycles. The fourth-order valence-electron chi connectivity index (χ4n) is 1.96. The minimum absolute atomic E-state index is 0.00200. The van der Waals surface area contributed by atoms with Crippen LogP contribution in [0.4, 0.5) is 28.4 Å². The van der Waals surface area contributed by atoms with Gasteiger partial charge in [0.25, 0.3) is 0 Å². The number of rotatable bonds is 3. The van der Waals surface area contributed by atoms with Crippen LogP contribution in [0.3, 0.4) is 0 Å². The van der Waals surface area contributed by atoms with E-state index in [0.29, 0.717) is 16.2 Å². The predicted octanol–water partition coefficient (Wildman–Crippen LogP) is 4.57. The zero-order valence-electron chi connectivity index (χ0n) is 12.7. The predicted molar refractivity (Wildman–Crippen MR) is 94.4 cm³/mol. The van der Waals surface area contributed by atoms with Crippen molar-refractivity contribution in [1.29, 1.82) is 0 Å². The van der Waals surface area contributed by atoms with Crippen LogP contribution in [0.15, 0.2) is 42.7 Å². The van der Waals surface area contributed by atoms with Crippen molar-refractivity contribution in [2.75, 3.05) is 10.6 Å². The van der Waals surface area contributed by atoms with Crippen LogP contribution in [0.2, 0.25) is 0 Å². The Hall–Kier alpha value is -2.66. The number of anilines is 2. The molecule has 0 radical (unpaired) electrons. The third kappa shape index (κ3) is 4.29. The van der Waals surface area contributed by atoms with E-state index >= 15 is 0 Å². The third-order valence-electron chi connectivity index (χ3n) is 3.10. The van der Waals surface area contributed by atoms with E-state index in [0.717, 1.165) is 17.7 Å². The molecule has 0 bridgehead atoms. The van der Waals surface area contributed by atoms with E-state index in [1.54, 1.807) is 24.5 Å². The number of halogens is 4. The van der Waals surface area contributed by atoms with E-state index in [4.69, 9.17) is 12.2 Å². The second kappa shape index (κ2) is 7.30. The third-order valence-corrected chi connectivity index (χ3v) is 4.19. The highest BCUT2D eigenvalue weighted by Crippen LogP contribution is 2.33. The Balaban J connectivity index is 1.69. The van der Waals surface area contributed by atoms with Crippen molar-refractivity contribution in [1.82, 2.24) is 15.2 Å². The number of alkyl halides is 3. The monoisotopic (exact) mass is 399 g/mol. The summed E-state index contributed by atoms with van der Waals surface area (Å²) in [5.41, 5.74) is -0.561. The van der Waals surface area contributed by atoms with Gasteiger partial charge in [-0.1, -0.05) is 11.3 Å². The molecule has 0 aliphatic heterocycles. The van der Waals surface area contributed by atoms with Crippen LogP contribution in [-0.2, 0) is 6.18 Å². The summed E-state index contributed by atoms with van der Waals surface area (Å²) in [5.74, 6) is -1.35. The SMILES string of the molecule is Fc1ccc(NC(=S)Nc2nnc(-c3ccncc3)s2)cc1C(F)(F)F. The first kappa shape index (κ1) is 18.1. The maximum absolute atomic E-state index is 13.3. The number of hydrogen-bond donors (Lipinski definition) is 2. The first-order chi connectivity index (χ1) is 12.3. The molecule has 2 aromatic heterocycles. The summed E-state index contributed by atoms with van der Waals surface area (Å²) in [4.78, 5) is 3.91. The van der Waals surface area contributed by atoms with Crippen LogP contribution >= 0.6 is 23.6 Å². The van der Waals surface area contributed by atoms with E-state index in [9.17, 15) is 17.6 Å². The van der Waals surface area contributed by atoms with Gasteiger partial charge in [0.15, 0.2) is 5.11 Å². The van der Waals surface area contributed by atoms with Crippen molar-refractivity contribution in [2.24, 2.45) is 0 Å². The Labute approximate surface area is 154 Å². The molecular formula is C15H9F4N5S2. The van der Waals surface area contributed by atoms with Gasteiger partial charge in [0.2, 0.25) is 5.13 Å². The Kier molecular flexibility index (Phi) is 5.09. The number of thiocarbonyl (C=S) groups is 1. The van der Waals surface area contributed by atoms with E-state index in [1.165, 1.54) is 11.3 Å². The van der Waals surface area contributed by atoms with Crippen molar-refractivity contribution in [2.45, 2.75) is 6.18 Å². The van der Waals surface area contributed by atoms with E-state index in [2.05, 4.69) is 25.8 Å². The molecule has 134 valence electrons. The van der Waals surface area contributed by atoms with Gasteiger partial charge in [-0.15, -0.1) is 10.2 Å². The van der Waals surface area contributed by atoms with Crippen LogP contribution in [-0.4, -0.2) is 20.3 Å². The molecule has 5 nitrogen and oxygen atoms in total. The molecule has 0 saturated heterocycles. The van der Waals surface area contributed by atoms with Gasteiger partial charge in [-0.2, -0.15) is 13.2 Å². The topological polar surface area (TPSA) is 62.7 Å². The van der Waals surface area contributed by atoms with Crippen LogP contribution in [0.25, 0.3) is 10.6 Å². The van der Waals surface area contributed by atoms with E-state index in [-0.39, 0.29) is 10.8 Å². The molecular weight excluding hydrogens is 390 g/mol. The normalized spacial score (nSPS) is 11.2. The second-order valence-electron chi connectivity index (χ2n) is 4.92. The summed E-state index contributed by atoms with van der Waals surface area (Å²) in [6, 6.07) is 6.04. The van der Waals surface area contributed by atoms with Gasteiger partial charge in [-0.3, -0.25) is 4.98 Å². The lowest BCUT2D eigenvalue weighted by Crippen LogP contribution is -2.19. The van der Waals surface area contributed by atoms with E-state index < -0.39 is 17.6 Å². The smallest absolute Gasteiger partial charge is 0.332 e. The van der Waals surface area contributed by atoms with Gasteiger partial charge in [-0.25, -0.2) is 4.39 Å². The number of pyridine rings is 1. The van der Waals surface area contributed by atoms with Crippen molar-refractivity contribution >= 4 is 39.5 Å². The highest BCUT2D eigenvalue weighted by atomic mass is 32.1. The molecule has 2 N–H and O–H groups in total. The second-order valence-corrected chi connectivity index (χ2v) is 6.31.